The normalized spacial score (nSPS) is 19.0. The zero-order valence-corrected chi connectivity index (χ0v) is 15.6. The number of carbonyl (C=O) groups is 1. The average molecular weight is 382 g/mol. The lowest BCUT2D eigenvalue weighted by molar-refractivity contribution is -0.122. The standard InChI is InChI=1S/C18H26N2O5S/c19-13-18(7-1-2-8-18)20-17(21)6-11-26(22,23)14-4-5-15-16(12-14)25-10-3-9-24-15/h4-5,12H,1-3,6-11,13,19H2,(H,20,21). The van der Waals surface area contributed by atoms with Crippen LogP contribution >= 0.6 is 0 Å². The van der Waals surface area contributed by atoms with Crippen LogP contribution in [0.1, 0.15) is 38.5 Å². The Labute approximate surface area is 154 Å². The van der Waals surface area contributed by atoms with Gasteiger partial charge < -0.3 is 20.5 Å². The van der Waals surface area contributed by atoms with E-state index < -0.39 is 9.84 Å². The number of nitrogens with two attached hydrogens (primary N) is 1. The highest BCUT2D eigenvalue weighted by Crippen LogP contribution is 2.32. The molecule has 1 aromatic rings. The van der Waals surface area contributed by atoms with Gasteiger partial charge >= 0.3 is 0 Å². The Morgan fingerprint density at radius 3 is 2.50 bits per heavy atom. The number of ether oxygens (including phenoxy) is 2. The largest absolute Gasteiger partial charge is 0.490 e. The maximum atomic E-state index is 12.6. The molecule has 0 unspecified atom stereocenters. The summed E-state index contributed by atoms with van der Waals surface area (Å²) in [7, 11) is -3.59. The van der Waals surface area contributed by atoms with Gasteiger partial charge in [0, 0.05) is 25.5 Å². The van der Waals surface area contributed by atoms with E-state index in [0.717, 1.165) is 32.1 Å². The van der Waals surface area contributed by atoms with Crippen molar-refractivity contribution in [3.8, 4) is 11.5 Å². The van der Waals surface area contributed by atoms with Crippen molar-refractivity contribution in [3.05, 3.63) is 18.2 Å². The summed E-state index contributed by atoms with van der Waals surface area (Å²) in [6.45, 7) is 1.41. The molecule has 0 bridgehead atoms. The van der Waals surface area contributed by atoms with Gasteiger partial charge in [0.2, 0.25) is 5.91 Å². The van der Waals surface area contributed by atoms with E-state index in [1.54, 1.807) is 6.07 Å². The molecule has 1 aliphatic carbocycles. The van der Waals surface area contributed by atoms with Gasteiger partial charge in [-0.2, -0.15) is 0 Å². The summed E-state index contributed by atoms with van der Waals surface area (Å²) in [4.78, 5) is 12.4. The Kier molecular flexibility index (Phi) is 5.72. The molecule has 1 fully saturated rings. The van der Waals surface area contributed by atoms with Crippen LogP contribution in [-0.4, -0.2) is 45.4 Å². The van der Waals surface area contributed by atoms with Crippen LogP contribution < -0.4 is 20.5 Å². The number of sulfone groups is 1. The number of carbonyl (C=O) groups excluding carboxylic acids is 1. The first kappa shape index (κ1) is 19.0. The zero-order chi connectivity index (χ0) is 18.6. The monoisotopic (exact) mass is 382 g/mol. The van der Waals surface area contributed by atoms with E-state index in [9.17, 15) is 13.2 Å². The molecular weight excluding hydrogens is 356 g/mol. The zero-order valence-electron chi connectivity index (χ0n) is 14.8. The fraction of sp³-hybridized carbons (Fsp3) is 0.611. The van der Waals surface area contributed by atoms with E-state index in [0.29, 0.717) is 31.3 Å². The van der Waals surface area contributed by atoms with Crippen molar-refractivity contribution >= 4 is 15.7 Å². The summed E-state index contributed by atoms with van der Waals surface area (Å²) in [5, 5.41) is 2.95. The summed E-state index contributed by atoms with van der Waals surface area (Å²) in [5.41, 5.74) is 5.44. The Hall–Kier alpha value is -1.80. The van der Waals surface area contributed by atoms with Gasteiger partial charge in [-0.3, -0.25) is 4.79 Å². The lowest BCUT2D eigenvalue weighted by Crippen LogP contribution is -2.51. The van der Waals surface area contributed by atoms with Gasteiger partial charge in [0.25, 0.3) is 0 Å². The molecule has 0 saturated heterocycles. The highest BCUT2D eigenvalue weighted by Gasteiger charge is 2.34. The van der Waals surface area contributed by atoms with Crippen molar-refractivity contribution in [2.45, 2.75) is 49.0 Å². The van der Waals surface area contributed by atoms with Crippen LogP contribution in [-0.2, 0) is 14.6 Å². The minimum Gasteiger partial charge on any atom is -0.490 e. The third-order valence-electron chi connectivity index (χ3n) is 5.03. The quantitative estimate of drug-likeness (QED) is 0.770. The van der Waals surface area contributed by atoms with Crippen LogP contribution in [0.2, 0.25) is 0 Å². The number of amides is 1. The number of nitrogens with one attached hydrogen (secondary N) is 1. The minimum atomic E-state index is -3.59. The molecule has 7 nitrogen and oxygen atoms in total. The van der Waals surface area contributed by atoms with Gasteiger partial charge in [-0.05, 0) is 25.0 Å². The smallest absolute Gasteiger partial charge is 0.221 e. The third kappa shape index (κ3) is 4.29. The van der Waals surface area contributed by atoms with E-state index in [1.165, 1.54) is 12.1 Å². The Balaban J connectivity index is 1.63. The Morgan fingerprint density at radius 1 is 1.12 bits per heavy atom. The highest BCUT2D eigenvalue weighted by molar-refractivity contribution is 7.91. The molecule has 26 heavy (non-hydrogen) atoms. The number of hydrogen-bond acceptors (Lipinski definition) is 6. The molecule has 3 rings (SSSR count). The summed E-state index contributed by atoms with van der Waals surface area (Å²) in [6.07, 6.45) is 4.44. The van der Waals surface area contributed by atoms with E-state index in [-0.39, 0.29) is 28.5 Å². The van der Waals surface area contributed by atoms with Crippen molar-refractivity contribution in [2.24, 2.45) is 5.73 Å². The first-order chi connectivity index (χ1) is 12.4. The second kappa shape index (κ2) is 7.84. The van der Waals surface area contributed by atoms with Crippen LogP contribution in [0.3, 0.4) is 0 Å². The molecule has 1 saturated carbocycles. The van der Waals surface area contributed by atoms with Gasteiger partial charge in [0.15, 0.2) is 21.3 Å². The Bertz CT molecular complexity index is 757. The lowest BCUT2D eigenvalue weighted by Gasteiger charge is -2.28. The summed E-state index contributed by atoms with van der Waals surface area (Å²) in [5.74, 6) is 0.459. The van der Waals surface area contributed by atoms with E-state index in [2.05, 4.69) is 5.32 Å². The minimum absolute atomic E-state index is 0.0848. The maximum Gasteiger partial charge on any atom is 0.221 e. The van der Waals surface area contributed by atoms with Crippen molar-refractivity contribution in [1.82, 2.24) is 5.32 Å². The first-order valence-corrected chi connectivity index (χ1v) is 10.7. The predicted octanol–water partition coefficient (Wildman–Crippen LogP) is 1.40. The van der Waals surface area contributed by atoms with E-state index >= 15 is 0 Å². The average Bonchev–Trinajstić information content (AvgIpc) is 2.96. The number of fused-ring (bicyclic) bond motifs is 1. The molecule has 1 amide bonds. The van der Waals surface area contributed by atoms with Crippen LogP contribution in [0.15, 0.2) is 23.1 Å². The second-order valence-electron chi connectivity index (χ2n) is 6.97. The maximum absolute atomic E-state index is 12.6. The van der Waals surface area contributed by atoms with Crippen molar-refractivity contribution in [3.63, 3.8) is 0 Å². The van der Waals surface area contributed by atoms with Crippen LogP contribution in [0.25, 0.3) is 0 Å². The summed E-state index contributed by atoms with van der Waals surface area (Å²) >= 11 is 0. The molecule has 3 N–H and O–H groups in total. The molecule has 8 heteroatoms. The van der Waals surface area contributed by atoms with Gasteiger partial charge in [0.05, 0.1) is 29.4 Å². The lowest BCUT2D eigenvalue weighted by atomic mass is 9.98. The van der Waals surface area contributed by atoms with Gasteiger partial charge in [-0.1, -0.05) is 12.8 Å². The third-order valence-corrected chi connectivity index (χ3v) is 6.75. The molecule has 1 aromatic carbocycles. The number of hydrogen-bond donors (Lipinski definition) is 2. The Morgan fingerprint density at radius 2 is 1.81 bits per heavy atom. The summed E-state index contributed by atoms with van der Waals surface area (Å²) < 4.78 is 36.2. The molecule has 1 aliphatic heterocycles. The number of rotatable bonds is 6. The van der Waals surface area contributed by atoms with Crippen LogP contribution in [0.5, 0.6) is 11.5 Å². The number of benzene rings is 1. The van der Waals surface area contributed by atoms with Crippen molar-refractivity contribution in [1.29, 1.82) is 0 Å². The van der Waals surface area contributed by atoms with Crippen LogP contribution in [0, 0.1) is 0 Å². The SMILES string of the molecule is NCC1(NC(=O)CCS(=O)(=O)c2ccc3c(c2)OCCCO3)CCCC1. The van der Waals surface area contributed by atoms with Gasteiger partial charge in [0.1, 0.15) is 0 Å². The van der Waals surface area contributed by atoms with Gasteiger partial charge in [-0.25, -0.2) is 8.42 Å². The molecular formula is C18H26N2O5S. The predicted molar refractivity (Wildman–Crippen MR) is 97.1 cm³/mol. The van der Waals surface area contributed by atoms with E-state index in [4.69, 9.17) is 15.2 Å². The van der Waals surface area contributed by atoms with Crippen molar-refractivity contribution in [2.75, 3.05) is 25.5 Å². The fourth-order valence-corrected chi connectivity index (χ4v) is 4.72. The molecule has 1 heterocycles. The summed E-state index contributed by atoms with van der Waals surface area (Å²) in [6, 6.07) is 4.58. The fourth-order valence-electron chi connectivity index (χ4n) is 3.47. The van der Waals surface area contributed by atoms with Gasteiger partial charge in [-0.15, -0.1) is 0 Å². The molecule has 0 radical (unpaired) electrons. The van der Waals surface area contributed by atoms with E-state index in [1.807, 2.05) is 0 Å². The molecule has 2 aliphatic rings. The molecule has 0 atom stereocenters. The highest BCUT2D eigenvalue weighted by atomic mass is 32.2. The van der Waals surface area contributed by atoms with Crippen LogP contribution in [0.4, 0.5) is 0 Å². The molecule has 0 spiro atoms. The first-order valence-electron chi connectivity index (χ1n) is 9.08. The second-order valence-corrected chi connectivity index (χ2v) is 9.08. The topological polar surface area (TPSA) is 108 Å². The molecule has 144 valence electrons. The molecule has 0 aromatic heterocycles. The van der Waals surface area contributed by atoms with Crippen molar-refractivity contribution < 1.29 is 22.7 Å².